The Kier molecular flexibility index (Phi) is 4.08. The van der Waals surface area contributed by atoms with Gasteiger partial charge in [-0.25, -0.2) is 0 Å². The van der Waals surface area contributed by atoms with E-state index in [0.717, 1.165) is 5.56 Å². The molecular formula is C10H13ClN2O2. The Hall–Kier alpha value is -1.10. The van der Waals surface area contributed by atoms with E-state index in [1.54, 1.807) is 18.2 Å². The SMILES string of the molecule is Cc1ccc(Cl)cc1NC(=O)C(N)CO. The second-order valence-corrected chi connectivity index (χ2v) is 3.67. The van der Waals surface area contributed by atoms with Gasteiger partial charge in [-0.05, 0) is 24.6 Å². The Bertz CT molecular complexity index is 368. The number of amides is 1. The fraction of sp³-hybridized carbons (Fsp3) is 0.300. The van der Waals surface area contributed by atoms with E-state index in [1.165, 1.54) is 0 Å². The summed E-state index contributed by atoms with van der Waals surface area (Å²) in [5, 5.41) is 11.8. The number of benzene rings is 1. The summed E-state index contributed by atoms with van der Waals surface area (Å²) in [6, 6.07) is 4.25. The minimum Gasteiger partial charge on any atom is -0.394 e. The van der Waals surface area contributed by atoms with Gasteiger partial charge >= 0.3 is 0 Å². The summed E-state index contributed by atoms with van der Waals surface area (Å²) in [5.74, 6) is -0.428. The number of aliphatic hydroxyl groups is 1. The van der Waals surface area contributed by atoms with Crippen molar-refractivity contribution < 1.29 is 9.90 Å². The summed E-state index contributed by atoms with van der Waals surface area (Å²) in [6.45, 7) is 1.46. The van der Waals surface area contributed by atoms with Crippen molar-refractivity contribution in [2.45, 2.75) is 13.0 Å². The highest BCUT2D eigenvalue weighted by molar-refractivity contribution is 6.31. The summed E-state index contributed by atoms with van der Waals surface area (Å²) in [5.41, 5.74) is 6.85. The smallest absolute Gasteiger partial charge is 0.243 e. The van der Waals surface area contributed by atoms with E-state index >= 15 is 0 Å². The number of halogens is 1. The molecule has 0 saturated heterocycles. The number of anilines is 1. The third kappa shape index (κ3) is 3.20. The average molecular weight is 229 g/mol. The topological polar surface area (TPSA) is 75.4 Å². The van der Waals surface area contributed by atoms with Crippen molar-refractivity contribution in [2.24, 2.45) is 5.73 Å². The first kappa shape index (κ1) is 12.0. The number of carbonyl (C=O) groups is 1. The summed E-state index contributed by atoms with van der Waals surface area (Å²) in [4.78, 5) is 11.4. The fourth-order valence-corrected chi connectivity index (χ4v) is 1.21. The molecule has 1 aromatic carbocycles. The highest BCUT2D eigenvalue weighted by Gasteiger charge is 2.12. The van der Waals surface area contributed by atoms with Crippen LogP contribution in [0.4, 0.5) is 5.69 Å². The molecule has 1 amide bonds. The number of carbonyl (C=O) groups excluding carboxylic acids is 1. The maximum Gasteiger partial charge on any atom is 0.243 e. The van der Waals surface area contributed by atoms with Crippen molar-refractivity contribution in [3.05, 3.63) is 28.8 Å². The molecule has 0 aliphatic carbocycles. The maximum absolute atomic E-state index is 11.4. The number of hydrogen-bond donors (Lipinski definition) is 3. The third-order valence-electron chi connectivity index (χ3n) is 1.99. The number of aliphatic hydroxyl groups excluding tert-OH is 1. The second kappa shape index (κ2) is 5.11. The molecule has 5 heteroatoms. The monoisotopic (exact) mass is 228 g/mol. The van der Waals surface area contributed by atoms with E-state index in [1.807, 2.05) is 6.92 Å². The Balaban J connectivity index is 2.80. The van der Waals surface area contributed by atoms with Crippen LogP contribution in [0.1, 0.15) is 5.56 Å². The molecule has 15 heavy (non-hydrogen) atoms. The molecule has 0 radical (unpaired) electrons. The molecule has 0 bridgehead atoms. The van der Waals surface area contributed by atoms with Crippen LogP contribution in [-0.4, -0.2) is 23.7 Å². The summed E-state index contributed by atoms with van der Waals surface area (Å²) < 4.78 is 0. The molecule has 1 rings (SSSR count). The molecular weight excluding hydrogens is 216 g/mol. The van der Waals surface area contributed by atoms with Gasteiger partial charge < -0.3 is 16.2 Å². The lowest BCUT2D eigenvalue weighted by Gasteiger charge is -2.11. The molecule has 0 saturated carbocycles. The van der Waals surface area contributed by atoms with Crippen LogP contribution in [0.25, 0.3) is 0 Å². The number of hydrogen-bond acceptors (Lipinski definition) is 3. The van der Waals surface area contributed by atoms with E-state index in [9.17, 15) is 4.79 Å². The van der Waals surface area contributed by atoms with Crippen LogP contribution in [-0.2, 0) is 4.79 Å². The molecule has 0 aliphatic heterocycles. The Morgan fingerprint density at radius 1 is 1.67 bits per heavy atom. The van der Waals surface area contributed by atoms with Gasteiger partial charge in [0, 0.05) is 10.7 Å². The largest absolute Gasteiger partial charge is 0.394 e. The minimum atomic E-state index is -0.914. The molecule has 0 spiro atoms. The van der Waals surface area contributed by atoms with Crippen LogP contribution >= 0.6 is 11.6 Å². The summed E-state index contributed by atoms with van der Waals surface area (Å²) >= 11 is 5.78. The molecule has 0 heterocycles. The molecule has 1 aromatic rings. The standard InChI is InChI=1S/C10H13ClN2O2/c1-6-2-3-7(11)4-9(6)13-10(15)8(12)5-14/h2-4,8,14H,5,12H2,1H3,(H,13,15). The van der Waals surface area contributed by atoms with Crippen LogP contribution in [0.15, 0.2) is 18.2 Å². The quantitative estimate of drug-likeness (QED) is 0.720. The maximum atomic E-state index is 11.4. The summed E-state index contributed by atoms with van der Waals surface area (Å²) in [6.07, 6.45) is 0. The Labute approximate surface area is 93.0 Å². The average Bonchev–Trinajstić information content (AvgIpc) is 2.22. The molecule has 0 fully saturated rings. The lowest BCUT2D eigenvalue weighted by atomic mass is 10.2. The van der Waals surface area contributed by atoms with Crippen LogP contribution < -0.4 is 11.1 Å². The van der Waals surface area contributed by atoms with Gasteiger partial charge in [0.1, 0.15) is 6.04 Å². The lowest BCUT2D eigenvalue weighted by Crippen LogP contribution is -2.38. The lowest BCUT2D eigenvalue weighted by molar-refractivity contribution is -0.118. The summed E-state index contributed by atoms with van der Waals surface area (Å²) in [7, 11) is 0. The van der Waals surface area contributed by atoms with Crippen molar-refractivity contribution in [3.63, 3.8) is 0 Å². The highest BCUT2D eigenvalue weighted by atomic mass is 35.5. The van der Waals surface area contributed by atoms with Gasteiger partial charge in [-0.2, -0.15) is 0 Å². The van der Waals surface area contributed by atoms with Gasteiger partial charge in [0.05, 0.1) is 6.61 Å². The number of nitrogens with one attached hydrogen (secondary N) is 1. The normalized spacial score (nSPS) is 12.3. The number of nitrogens with two attached hydrogens (primary N) is 1. The number of aryl methyl sites for hydroxylation is 1. The van der Waals surface area contributed by atoms with Crippen molar-refractivity contribution in [1.82, 2.24) is 0 Å². The third-order valence-corrected chi connectivity index (χ3v) is 2.23. The van der Waals surface area contributed by atoms with Crippen molar-refractivity contribution in [3.8, 4) is 0 Å². The molecule has 4 nitrogen and oxygen atoms in total. The van der Waals surface area contributed by atoms with Gasteiger partial charge in [0.25, 0.3) is 0 Å². The molecule has 1 atom stereocenters. The first-order chi connectivity index (χ1) is 7.04. The van der Waals surface area contributed by atoms with Crippen LogP contribution in [0.2, 0.25) is 5.02 Å². The Morgan fingerprint density at radius 3 is 2.93 bits per heavy atom. The van der Waals surface area contributed by atoms with E-state index < -0.39 is 11.9 Å². The van der Waals surface area contributed by atoms with Crippen molar-refractivity contribution in [1.29, 1.82) is 0 Å². The molecule has 0 aliphatic rings. The van der Waals surface area contributed by atoms with Crippen molar-refractivity contribution >= 4 is 23.2 Å². The first-order valence-corrected chi connectivity index (χ1v) is 4.86. The first-order valence-electron chi connectivity index (χ1n) is 4.48. The van der Waals surface area contributed by atoms with Gasteiger partial charge in [-0.1, -0.05) is 17.7 Å². The molecule has 1 unspecified atom stereocenters. The Morgan fingerprint density at radius 2 is 2.33 bits per heavy atom. The van der Waals surface area contributed by atoms with E-state index in [4.69, 9.17) is 22.4 Å². The fourth-order valence-electron chi connectivity index (χ4n) is 1.04. The predicted octanol–water partition coefficient (Wildman–Crippen LogP) is 0.907. The zero-order valence-corrected chi connectivity index (χ0v) is 9.08. The zero-order chi connectivity index (χ0) is 11.4. The van der Waals surface area contributed by atoms with Gasteiger partial charge in [-0.15, -0.1) is 0 Å². The van der Waals surface area contributed by atoms with Gasteiger partial charge in [0.2, 0.25) is 5.91 Å². The van der Waals surface area contributed by atoms with Gasteiger partial charge in [-0.3, -0.25) is 4.79 Å². The highest BCUT2D eigenvalue weighted by Crippen LogP contribution is 2.20. The van der Waals surface area contributed by atoms with Gasteiger partial charge in [0.15, 0.2) is 0 Å². The predicted molar refractivity (Wildman–Crippen MR) is 59.9 cm³/mol. The number of rotatable bonds is 3. The minimum absolute atomic E-state index is 0.383. The van der Waals surface area contributed by atoms with E-state index in [2.05, 4.69) is 5.32 Å². The molecule has 4 N–H and O–H groups in total. The van der Waals surface area contributed by atoms with Crippen molar-refractivity contribution in [2.75, 3.05) is 11.9 Å². The zero-order valence-electron chi connectivity index (χ0n) is 8.33. The second-order valence-electron chi connectivity index (χ2n) is 3.24. The van der Waals surface area contributed by atoms with Crippen LogP contribution in [0.3, 0.4) is 0 Å². The molecule has 0 aromatic heterocycles. The van der Waals surface area contributed by atoms with Crippen LogP contribution in [0.5, 0.6) is 0 Å². The molecule has 82 valence electrons. The van der Waals surface area contributed by atoms with E-state index in [-0.39, 0.29) is 6.61 Å². The van der Waals surface area contributed by atoms with Crippen LogP contribution in [0, 0.1) is 6.92 Å². The van der Waals surface area contributed by atoms with E-state index in [0.29, 0.717) is 10.7 Å².